The predicted octanol–water partition coefficient (Wildman–Crippen LogP) is 4.23. The van der Waals surface area contributed by atoms with Crippen LogP contribution in [-0.2, 0) is 4.79 Å². The largest absolute Gasteiger partial charge is 0.369 e. The minimum absolute atomic E-state index is 0.211. The number of anilines is 2. The van der Waals surface area contributed by atoms with Gasteiger partial charge in [0.15, 0.2) is 0 Å². The number of amides is 2. The molecule has 0 aromatic heterocycles. The Kier molecular flexibility index (Phi) is 6.87. The Bertz CT molecular complexity index is 836. The summed E-state index contributed by atoms with van der Waals surface area (Å²) in [5.74, 6) is -0.749. The summed E-state index contributed by atoms with van der Waals surface area (Å²) in [5, 5.41) is 6.03. The van der Waals surface area contributed by atoms with Gasteiger partial charge in [-0.05, 0) is 61.7 Å². The Morgan fingerprint density at radius 1 is 1.07 bits per heavy atom. The number of halogens is 2. The van der Waals surface area contributed by atoms with E-state index in [9.17, 15) is 14.0 Å². The van der Waals surface area contributed by atoms with Crippen LogP contribution in [0.25, 0.3) is 0 Å². The lowest BCUT2D eigenvalue weighted by atomic mass is 10.2. The second-order valence-electron chi connectivity index (χ2n) is 6.77. The third-order valence-corrected chi connectivity index (χ3v) is 4.90. The molecule has 2 amide bonds. The fourth-order valence-electron chi connectivity index (χ4n) is 3.18. The highest BCUT2D eigenvalue weighted by Gasteiger charge is 2.16. The van der Waals surface area contributed by atoms with Crippen molar-refractivity contribution in [2.75, 3.05) is 29.9 Å². The molecule has 5 nitrogen and oxygen atoms in total. The third-order valence-electron chi connectivity index (χ3n) is 4.65. The van der Waals surface area contributed by atoms with Gasteiger partial charge in [-0.3, -0.25) is 9.59 Å². The summed E-state index contributed by atoms with van der Waals surface area (Å²) in [7, 11) is 0. The number of hydrogen-bond acceptors (Lipinski definition) is 3. The minimum Gasteiger partial charge on any atom is -0.369 e. The number of nitrogens with one attached hydrogen (secondary N) is 2. The summed E-state index contributed by atoms with van der Waals surface area (Å²) in [4.78, 5) is 26.0. The molecule has 1 heterocycles. The van der Waals surface area contributed by atoms with Crippen LogP contribution in [0, 0.1) is 5.82 Å². The molecule has 7 heteroatoms. The van der Waals surface area contributed by atoms with Gasteiger partial charge in [0.05, 0.1) is 5.69 Å². The van der Waals surface area contributed by atoms with Gasteiger partial charge in [0.25, 0.3) is 5.91 Å². The molecule has 1 fully saturated rings. The van der Waals surface area contributed by atoms with Crippen molar-refractivity contribution in [2.24, 2.45) is 0 Å². The topological polar surface area (TPSA) is 61.4 Å². The number of benzene rings is 2. The highest BCUT2D eigenvalue weighted by Crippen LogP contribution is 2.26. The number of nitrogens with zero attached hydrogens (tertiary/aromatic N) is 1. The SMILES string of the molecule is O=C(CCCNC(=O)c1ccc(Cl)cc1)Nc1ccc(N2CCCC2)c(F)c1. The van der Waals surface area contributed by atoms with E-state index in [0.29, 0.717) is 34.9 Å². The van der Waals surface area contributed by atoms with Crippen LogP contribution in [0.15, 0.2) is 42.5 Å². The van der Waals surface area contributed by atoms with Crippen LogP contribution in [0.4, 0.5) is 15.8 Å². The molecule has 0 aliphatic carbocycles. The first-order valence-electron chi connectivity index (χ1n) is 9.41. The van der Waals surface area contributed by atoms with Crippen LogP contribution in [0.1, 0.15) is 36.0 Å². The van der Waals surface area contributed by atoms with Gasteiger partial charge in [0.1, 0.15) is 5.82 Å². The van der Waals surface area contributed by atoms with Crippen molar-refractivity contribution in [3.63, 3.8) is 0 Å². The van der Waals surface area contributed by atoms with Crippen molar-refractivity contribution < 1.29 is 14.0 Å². The summed E-state index contributed by atoms with van der Waals surface area (Å²) < 4.78 is 14.3. The molecule has 2 aromatic rings. The molecule has 2 aromatic carbocycles. The number of carbonyl (C=O) groups is 2. The summed E-state index contributed by atoms with van der Waals surface area (Å²) in [6.45, 7) is 2.10. The van der Waals surface area contributed by atoms with Gasteiger partial charge in [-0.1, -0.05) is 11.6 Å². The molecule has 3 rings (SSSR count). The molecular weight excluding hydrogens is 381 g/mol. The van der Waals surface area contributed by atoms with Gasteiger partial charge >= 0.3 is 0 Å². The number of carbonyl (C=O) groups excluding carboxylic acids is 2. The molecular formula is C21H23ClFN3O2. The monoisotopic (exact) mass is 403 g/mol. The molecule has 0 radical (unpaired) electrons. The highest BCUT2D eigenvalue weighted by molar-refractivity contribution is 6.30. The maximum atomic E-state index is 14.3. The fraction of sp³-hybridized carbons (Fsp3) is 0.333. The van der Waals surface area contributed by atoms with Crippen molar-refractivity contribution in [1.82, 2.24) is 5.32 Å². The Labute approximate surface area is 168 Å². The molecule has 1 saturated heterocycles. The second kappa shape index (κ2) is 9.55. The fourth-order valence-corrected chi connectivity index (χ4v) is 3.30. The maximum Gasteiger partial charge on any atom is 0.251 e. The zero-order valence-corrected chi connectivity index (χ0v) is 16.3. The molecule has 0 unspecified atom stereocenters. The van der Waals surface area contributed by atoms with Crippen molar-refractivity contribution in [3.8, 4) is 0 Å². The smallest absolute Gasteiger partial charge is 0.251 e. The van der Waals surface area contributed by atoms with Gasteiger partial charge in [-0.15, -0.1) is 0 Å². The molecule has 1 aliphatic heterocycles. The van der Waals surface area contributed by atoms with Gasteiger partial charge in [0, 0.05) is 42.3 Å². The molecule has 0 atom stereocenters. The predicted molar refractivity (Wildman–Crippen MR) is 109 cm³/mol. The van der Waals surface area contributed by atoms with E-state index in [1.807, 2.05) is 4.90 Å². The standard InChI is InChI=1S/C21H23ClFN3O2/c22-16-7-5-15(6-8-16)21(28)24-11-3-4-20(27)25-17-9-10-19(18(23)14-17)26-12-1-2-13-26/h5-10,14H,1-4,11-13H2,(H,24,28)(H,25,27). The van der Waals surface area contributed by atoms with Crippen LogP contribution in [0.2, 0.25) is 5.02 Å². The van der Waals surface area contributed by atoms with Gasteiger partial charge in [-0.2, -0.15) is 0 Å². The quantitative estimate of drug-likeness (QED) is 0.680. The van der Waals surface area contributed by atoms with Crippen LogP contribution in [0.3, 0.4) is 0 Å². The van der Waals surface area contributed by atoms with Gasteiger partial charge in [0.2, 0.25) is 5.91 Å². The molecule has 148 valence electrons. The summed E-state index contributed by atoms with van der Waals surface area (Å²) >= 11 is 5.79. The van der Waals surface area contributed by atoms with E-state index in [-0.39, 0.29) is 24.1 Å². The lowest BCUT2D eigenvalue weighted by Crippen LogP contribution is -2.25. The lowest BCUT2D eigenvalue weighted by Gasteiger charge is -2.18. The van der Waals surface area contributed by atoms with Gasteiger partial charge in [-0.25, -0.2) is 4.39 Å². The van der Waals surface area contributed by atoms with E-state index in [4.69, 9.17) is 11.6 Å². The normalized spacial score (nSPS) is 13.4. The van der Waals surface area contributed by atoms with E-state index < -0.39 is 0 Å². The molecule has 0 saturated carbocycles. The summed E-state index contributed by atoms with van der Waals surface area (Å²) in [5.41, 5.74) is 1.54. The molecule has 2 N–H and O–H groups in total. The molecule has 0 bridgehead atoms. The average Bonchev–Trinajstić information content (AvgIpc) is 3.20. The summed E-state index contributed by atoms with van der Waals surface area (Å²) in [6.07, 6.45) is 2.87. The minimum atomic E-state index is -0.324. The maximum absolute atomic E-state index is 14.3. The zero-order valence-electron chi connectivity index (χ0n) is 15.5. The highest BCUT2D eigenvalue weighted by atomic mass is 35.5. The van der Waals surface area contributed by atoms with Crippen LogP contribution in [-0.4, -0.2) is 31.4 Å². The van der Waals surface area contributed by atoms with Crippen LogP contribution in [0.5, 0.6) is 0 Å². The van der Waals surface area contributed by atoms with E-state index in [1.54, 1.807) is 36.4 Å². The van der Waals surface area contributed by atoms with E-state index in [2.05, 4.69) is 10.6 Å². The Morgan fingerprint density at radius 3 is 2.46 bits per heavy atom. The third kappa shape index (κ3) is 5.45. The Hall–Kier alpha value is -2.60. The zero-order chi connectivity index (χ0) is 19.9. The first-order valence-corrected chi connectivity index (χ1v) is 9.79. The first kappa shape index (κ1) is 20.1. The van der Waals surface area contributed by atoms with E-state index in [0.717, 1.165) is 25.9 Å². The van der Waals surface area contributed by atoms with E-state index >= 15 is 0 Å². The molecule has 0 spiro atoms. The van der Waals surface area contributed by atoms with Crippen molar-refractivity contribution in [3.05, 3.63) is 58.9 Å². The molecule has 28 heavy (non-hydrogen) atoms. The second-order valence-corrected chi connectivity index (χ2v) is 7.21. The first-order chi connectivity index (χ1) is 13.5. The number of hydrogen-bond donors (Lipinski definition) is 2. The average molecular weight is 404 g/mol. The Balaban J connectivity index is 1.41. The Morgan fingerprint density at radius 2 is 1.79 bits per heavy atom. The van der Waals surface area contributed by atoms with Crippen molar-refractivity contribution in [2.45, 2.75) is 25.7 Å². The summed E-state index contributed by atoms with van der Waals surface area (Å²) in [6, 6.07) is 11.4. The van der Waals surface area contributed by atoms with Crippen molar-refractivity contribution in [1.29, 1.82) is 0 Å². The lowest BCUT2D eigenvalue weighted by molar-refractivity contribution is -0.116. The van der Waals surface area contributed by atoms with Crippen LogP contribution >= 0.6 is 11.6 Å². The van der Waals surface area contributed by atoms with Crippen molar-refractivity contribution >= 4 is 34.8 Å². The van der Waals surface area contributed by atoms with E-state index in [1.165, 1.54) is 6.07 Å². The molecule has 1 aliphatic rings. The number of rotatable bonds is 7. The van der Waals surface area contributed by atoms with Gasteiger partial charge < -0.3 is 15.5 Å². The van der Waals surface area contributed by atoms with Crippen LogP contribution < -0.4 is 15.5 Å².